The Labute approximate surface area is 161 Å². The zero-order valence-electron chi connectivity index (χ0n) is 15.6. The van der Waals surface area contributed by atoms with E-state index in [0.717, 1.165) is 16.9 Å². The number of rotatable bonds is 9. The van der Waals surface area contributed by atoms with Gasteiger partial charge in [-0.1, -0.05) is 19.9 Å². The second-order valence-electron chi connectivity index (χ2n) is 6.30. The summed E-state index contributed by atoms with van der Waals surface area (Å²) >= 11 is 1.04. The first-order valence-electron chi connectivity index (χ1n) is 8.45. The summed E-state index contributed by atoms with van der Waals surface area (Å²) in [6.07, 6.45) is 0. The molecule has 8 heteroatoms. The number of amides is 1. The number of hydrogen-bond acceptors (Lipinski definition) is 5. The summed E-state index contributed by atoms with van der Waals surface area (Å²) in [5, 5.41) is 4.31. The van der Waals surface area contributed by atoms with Crippen LogP contribution < -0.4 is 19.5 Å². The molecule has 2 aromatic rings. The molecular formula is C19H23F2NO4S. The number of alkyl halides is 2. The number of carbonyl (C=O) groups is 1. The number of methoxy groups -OCH3 is 1. The summed E-state index contributed by atoms with van der Waals surface area (Å²) in [6, 6.07) is 6.38. The maximum atomic E-state index is 12.4. The molecule has 1 unspecified atom stereocenters. The van der Waals surface area contributed by atoms with Crippen molar-refractivity contribution in [1.82, 2.24) is 5.32 Å². The van der Waals surface area contributed by atoms with Crippen LogP contribution in [0.1, 0.15) is 42.0 Å². The molecule has 1 atom stereocenters. The van der Waals surface area contributed by atoms with E-state index in [-0.39, 0.29) is 16.7 Å². The van der Waals surface area contributed by atoms with E-state index in [4.69, 9.17) is 9.47 Å². The number of carbonyl (C=O) groups excluding carboxylic acids is 1. The molecule has 1 aromatic carbocycles. The van der Waals surface area contributed by atoms with Crippen molar-refractivity contribution in [2.75, 3.05) is 13.7 Å². The highest BCUT2D eigenvalue weighted by Gasteiger charge is 2.20. The zero-order chi connectivity index (χ0) is 20.0. The van der Waals surface area contributed by atoms with Gasteiger partial charge in [-0.2, -0.15) is 8.78 Å². The number of thiophene rings is 1. The van der Waals surface area contributed by atoms with Crippen LogP contribution in [0.25, 0.3) is 0 Å². The molecular weight excluding hydrogens is 376 g/mol. The monoisotopic (exact) mass is 399 g/mol. The number of benzene rings is 1. The van der Waals surface area contributed by atoms with E-state index in [1.165, 1.54) is 11.4 Å². The third-order valence-corrected chi connectivity index (χ3v) is 4.55. The summed E-state index contributed by atoms with van der Waals surface area (Å²) in [4.78, 5) is 12.5. The van der Waals surface area contributed by atoms with Gasteiger partial charge in [0.1, 0.15) is 10.6 Å². The molecule has 148 valence electrons. The SMILES string of the molecule is COc1cc(C(C)NC(=O)c2sccc2OC(F)F)ccc1OCC(C)C. The van der Waals surface area contributed by atoms with E-state index in [2.05, 4.69) is 23.9 Å². The van der Waals surface area contributed by atoms with E-state index < -0.39 is 12.5 Å². The van der Waals surface area contributed by atoms with Crippen LogP contribution >= 0.6 is 11.3 Å². The van der Waals surface area contributed by atoms with Crippen LogP contribution in [0.3, 0.4) is 0 Å². The van der Waals surface area contributed by atoms with Crippen LogP contribution in [-0.4, -0.2) is 26.2 Å². The quantitative estimate of drug-likeness (QED) is 0.653. The minimum atomic E-state index is -2.98. The van der Waals surface area contributed by atoms with Crippen molar-refractivity contribution in [1.29, 1.82) is 0 Å². The Morgan fingerprint density at radius 1 is 1.15 bits per heavy atom. The summed E-state index contributed by atoms with van der Waals surface area (Å²) in [6.45, 7) is 3.48. The van der Waals surface area contributed by atoms with Gasteiger partial charge in [0.15, 0.2) is 11.5 Å². The summed E-state index contributed by atoms with van der Waals surface area (Å²) in [7, 11) is 1.55. The molecule has 0 aliphatic rings. The molecule has 0 saturated heterocycles. The Bertz CT molecular complexity index is 764. The maximum Gasteiger partial charge on any atom is 0.387 e. The fourth-order valence-corrected chi connectivity index (χ4v) is 3.05. The van der Waals surface area contributed by atoms with Gasteiger partial charge in [0.2, 0.25) is 0 Å². The molecule has 5 nitrogen and oxygen atoms in total. The van der Waals surface area contributed by atoms with Gasteiger partial charge in [-0.05, 0) is 42.0 Å². The van der Waals surface area contributed by atoms with Crippen LogP contribution in [0.5, 0.6) is 17.2 Å². The Balaban J connectivity index is 2.10. The second-order valence-corrected chi connectivity index (χ2v) is 7.22. The smallest absolute Gasteiger partial charge is 0.387 e. The molecule has 0 aliphatic heterocycles. The highest BCUT2D eigenvalue weighted by Crippen LogP contribution is 2.31. The van der Waals surface area contributed by atoms with Gasteiger partial charge in [0.25, 0.3) is 5.91 Å². The summed E-state index contributed by atoms with van der Waals surface area (Å²) < 4.78 is 40.3. The van der Waals surface area contributed by atoms with Crippen molar-refractivity contribution in [2.24, 2.45) is 5.92 Å². The lowest BCUT2D eigenvalue weighted by Crippen LogP contribution is -2.26. The van der Waals surface area contributed by atoms with Crippen molar-refractivity contribution in [3.8, 4) is 17.2 Å². The third-order valence-electron chi connectivity index (χ3n) is 3.66. The normalized spacial score (nSPS) is 12.1. The van der Waals surface area contributed by atoms with E-state index in [1.807, 2.05) is 6.07 Å². The van der Waals surface area contributed by atoms with Crippen molar-refractivity contribution in [3.63, 3.8) is 0 Å². The van der Waals surface area contributed by atoms with Crippen molar-refractivity contribution < 1.29 is 27.8 Å². The van der Waals surface area contributed by atoms with Gasteiger partial charge >= 0.3 is 6.61 Å². The second kappa shape index (κ2) is 9.55. The molecule has 1 heterocycles. The topological polar surface area (TPSA) is 56.8 Å². The van der Waals surface area contributed by atoms with Gasteiger partial charge in [-0.25, -0.2) is 0 Å². The number of hydrogen-bond donors (Lipinski definition) is 1. The summed E-state index contributed by atoms with van der Waals surface area (Å²) in [5.74, 6) is 0.955. The van der Waals surface area contributed by atoms with E-state index in [0.29, 0.717) is 24.0 Å². The van der Waals surface area contributed by atoms with Crippen molar-refractivity contribution in [3.05, 3.63) is 40.1 Å². The Hall–Kier alpha value is -2.35. The van der Waals surface area contributed by atoms with Gasteiger partial charge in [-0.3, -0.25) is 4.79 Å². The number of nitrogens with one attached hydrogen (secondary N) is 1. The third kappa shape index (κ3) is 5.82. The Kier molecular flexibility index (Phi) is 7.41. The lowest BCUT2D eigenvalue weighted by Gasteiger charge is -2.18. The minimum Gasteiger partial charge on any atom is -0.493 e. The molecule has 0 spiro atoms. The van der Waals surface area contributed by atoms with E-state index in [9.17, 15) is 13.6 Å². The first-order valence-corrected chi connectivity index (χ1v) is 9.33. The number of ether oxygens (including phenoxy) is 3. The Morgan fingerprint density at radius 2 is 1.89 bits per heavy atom. The summed E-state index contributed by atoms with van der Waals surface area (Å²) in [5.41, 5.74) is 0.796. The zero-order valence-corrected chi connectivity index (χ0v) is 16.4. The van der Waals surface area contributed by atoms with E-state index in [1.54, 1.807) is 26.2 Å². The predicted molar refractivity (Wildman–Crippen MR) is 100 cm³/mol. The van der Waals surface area contributed by atoms with Gasteiger partial charge in [0, 0.05) is 0 Å². The molecule has 0 aliphatic carbocycles. The predicted octanol–water partition coefficient (Wildman–Crippen LogP) is 4.88. The molecule has 0 fully saturated rings. The van der Waals surface area contributed by atoms with Gasteiger partial charge < -0.3 is 19.5 Å². The highest BCUT2D eigenvalue weighted by atomic mass is 32.1. The maximum absolute atomic E-state index is 12.4. The van der Waals surface area contributed by atoms with Gasteiger partial charge in [0.05, 0.1) is 19.8 Å². The largest absolute Gasteiger partial charge is 0.493 e. The average molecular weight is 399 g/mol. The Morgan fingerprint density at radius 3 is 2.52 bits per heavy atom. The fourth-order valence-electron chi connectivity index (χ4n) is 2.33. The van der Waals surface area contributed by atoms with Crippen LogP contribution in [0.2, 0.25) is 0 Å². The molecule has 0 saturated carbocycles. The molecule has 1 aromatic heterocycles. The van der Waals surface area contributed by atoms with Crippen LogP contribution in [0.4, 0.5) is 8.78 Å². The molecule has 1 N–H and O–H groups in total. The van der Waals surface area contributed by atoms with Crippen LogP contribution in [0.15, 0.2) is 29.6 Å². The van der Waals surface area contributed by atoms with Gasteiger partial charge in [-0.15, -0.1) is 11.3 Å². The van der Waals surface area contributed by atoms with Crippen LogP contribution in [0, 0.1) is 5.92 Å². The molecule has 0 radical (unpaired) electrons. The van der Waals surface area contributed by atoms with Crippen molar-refractivity contribution >= 4 is 17.2 Å². The lowest BCUT2D eigenvalue weighted by molar-refractivity contribution is -0.0498. The molecule has 2 rings (SSSR count). The first kappa shape index (κ1) is 21.0. The average Bonchev–Trinajstić information content (AvgIpc) is 3.07. The lowest BCUT2D eigenvalue weighted by atomic mass is 10.1. The fraction of sp³-hybridized carbons (Fsp3) is 0.421. The minimum absolute atomic E-state index is 0.103. The number of halogens is 2. The molecule has 0 bridgehead atoms. The molecule has 1 amide bonds. The van der Waals surface area contributed by atoms with E-state index >= 15 is 0 Å². The van der Waals surface area contributed by atoms with Crippen molar-refractivity contribution in [2.45, 2.75) is 33.4 Å². The standard InChI is InChI=1S/C19H23F2NO4S/c1-11(2)10-25-14-6-5-13(9-16(14)24-4)12(3)22-18(23)17-15(7-8-27-17)26-19(20)21/h5-9,11-12,19H,10H2,1-4H3,(H,22,23). The van der Waals surface area contributed by atoms with Crippen LogP contribution in [-0.2, 0) is 0 Å². The molecule has 27 heavy (non-hydrogen) atoms. The highest BCUT2D eigenvalue weighted by molar-refractivity contribution is 7.12. The first-order chi connectivity index (χ1) is 12.8.